The quantitative estimate of drug-likeness (QED) is 0.785. The molecule has 0 saturated heterocycles. The second-order valence-electron chi connectivity index (χ2n) is 4.40. The SMILES string of the molecule is CCCNCc1cccnc1Oc1ccccc1OC. The molecule has 0 spiro atoms. The van der Waals surface area contributed by atoms with Crippen LogP contribution in [0.5, 0.6) is 17.4 Å². The summed E-state index contributed by atoms with van der Waals surface area (Å²) in [6, 6.07) is 11.5. The predicted molar refractivity (Wildman–Crippen MR) is 79.3 cm³/mol. The number of rotatable bonds is 7. The molecule has 0 radical (unpaired) electrons. The third kappa shape index (κ3) is 3.71. The molecule has 106 valence electrons. The van der Waals surface area contributed by atoms with Crippen molar-refractivity contribution in [2.75, 3.05) is 13.7 Å². The molecule has 2 rings (SSSR count). The van der Waals surface area contributed by atoms with Gasteiger partial charge in [-0.1, -0.05) is 25.1 Å². The molecule has 0 unspecified atom stereocenters. The Morgan fingerprint density at radius 1 is 1.10 bits per heavy atom. The van der Waals surface area contributed by atoms with Gasteiger partial charge >= 0.3 is 0 Å². The van der Waals surface area contributed by atoms with Gasteiger partial charge in [0.1, 0.15) is 0 Å². The highest BCUT2D eigenvalue weighted by atomic mass is 16.5. The van der Waals surface area contributed by atoms with Crippen LogP contribution in [0.15, 0.2) is 42.6 Å². The molecule has 1 aromatic carbocycles. The van der Waals surface area contributed by atoms with E-state index in [4.69, 9.17) is 9.47 Å². The Hall–Kier alpha value is -2.07. The number of nitrogens with zero attached hydrogens (tertiary/aromatic N) is 1. The van der Waals surface area contributed by atoms with E-state index in [2.05, 4.69) is 17.2 Å². The maximum atomic E-state index is 5.89. The van der Waals surface area contributed by atoms with E-state index in [1.54, 1.807) is 13.3 Å². The van der Waals surface area contributed by atoms with Crippen molar-refractivity contribution in [3.63, 3.8) is 0 Å². The lowest BCUT2D eigenvalue weighted by molar-refractivity contribution is 0.372. The Kier molecular flexibility index (Phi) is 5.38. The summed E-state index contributed by atoms with van der Waals surface area (Å²) >= 11 is 0. The molecule has 0 fully saturated rings. The van der Waals surface area contributed by atoms with Crippen LogP contribution in [0, 0.1) is 0 Å². The lowest BCUT2D eigenvalue weighted by atomic mass is 10.2. The normalized spacial score (nSPS) is 10.3. The lowest BCUT2D eigenvalue weighted by Crippen LogP contribution is -2.14. The molecule has 4 heteroatoms. The second-order valence-corrected chi connectivity index (χ2v) is 4.40. The van der Waals surface area contributed by atoms with Crippen LogP contribution in [-0.4, -0.2) is 18.6 Å². The maximum Gasteiger partial charge on any atom is 0.223 e. The topological polar surface area (TPSA) is 43.4 Å². The van der Waals surface area contributed by atoms with Crippen LogP contribution < -0.4 is 14.8 Å². The minimum absolute atomic E-state index is 0.612. The molecule has 1 heterocycles. The van der Waals surface area contributed by atoms with E-state index in [1.165, 1.54) is 0 Å². The molecule has 0 saturated carbocycles. The first-order valence-electron chi connectivity index (χ1n) is 6.80. The number of hydrogen-bond acceptors (Lipinski definition) is 4. The number of hydrogen-bond donors (Lipinski definition) is 1. The maximum absolute atomic E-state index is 5.89. The van der Waals surface area contributed by atoms with E-state index in [-0.39, 0.29) is 0 Å². The molecule has 0 bridgehead atoms. The lowest BCUT2D eigenvalue weighted by Gasteiger charge is -2.12. The third-order valence-corrected chi connectivity index (χ3v) is 2.87. The zero-order valence-electron chi connectivity index (χ0n) is 11.9. The van der Waals surface area contributed by atoms with Crippen LogP contribution in [0.2, 0.25) is 0 Å². The summed E-state index contributed by atoms with van der Waals surface area (Å²) in [5, 5.41) is 3.35. The molecular formula is C16H20N2O2. The predicted octanol–water partition coefficient (Wildman–Crippen LogP) is 3.38. The summed E-state index contributed by atoms with van der Waals surface area (Å²) in [5.41, 5.74) is 1.03. The molecule has 1 aromatic heterocycles. The number of pyridine rings is 1. The summed E-state index contributed by atoms with van der Waals surface area (Å²) in [5.74, 6) is 1.98. The van der Waals surface area contributed by atoms with Crippen LogP contribution in [0.25, 0.3) is 0 Å². The minimum atomic E-state index is 0.612. The van der Waals surface area contributed by atoms with E-state index in [9.17, 15) is 0 Å². The van der Waals surface area contributed by atoms with E-state index in [1.807, 2.05) is 36.4 Å². The molecule has 0 aliphatic heterocycles. The highest BCUT2D eigenvalue weighted by Crippen LogP contribution is 2.31. The van der Waals surface area contributed by atoms with Crippen molar-refractivity contribution in [2.45, 2.75) is 19.9 Å². The van der Waals surface area contributed by atoms with Gasteiger partial charge in [0.15, 0.2) is 11.5 Å². The Morgan fingerprint density at radius 2 is 1.90 bits per heavy atom. The van der Waals surface area contributed by atoms with Crippen molar-refractivity contribution in [3.8, 4) is 17.4 Å². The largest absolute Gasteiger partial charge is 0.493 e. The average Bonchev–Trinajstić information content (AvgIpc) is 2.50. The van der Waals surface area contributed by atoms with Crippen molar-refractivity contribution >= 4 is 0 Å². The van der Waals surface area contributed by atoms with Crippen LogP contribution in [0.3, 0.4) is 0 Å². The molecule has 20 heavy (non-hydrogen) atoms. The Labute approximate surface area is 119 Å². The van der Waals surface area contributed by atoms with Gasteiger partial charge in [-0.15, -0.1) is 0 Å². The number of aromatic nitrogens is 1. The monoisotopic (exact) mass is 272 g/mol. The van der Waals surface area contributed by atoms with Gasteiger partial charge in [0.2, 0.25) is 5.88 Å². The van der Waals surface area contributed by atoms with Crippen LogP contribution in [0.4, 0.5) is 0 Å². The molecule has 0 aliphatic rings. The molecular weight excluding hydrogens is 252 g/mol. The van der Waals surface area contributed by atoms with Gasteiger partial charge in [-0.3, -0.25) is 0 Å². The molecule has 0 aliphatic carbocycles. The number of benzene rings is 1. The molecule has 2 aromatic rings. The van der Waals surface area contributed by atoms with E-state index in [0.29, 0.717) is 17.4 Å². The second kappa shape index (κ2) is 7.50. The van der Waals surface area contributed by atoms with E-state index >= 15 is 0 Å². The van der Waals surface area contributed by atoms with Crippen molar-refractivity contribution in [1.82, 2.24) is 10.3 Å². The number of methoxy groups -OCH3 is 1. The summed E-state index contributed by atoms with van der Waals surface area (Å²) in [7, 11) is 1.63. The third-order valence-electron chi connectivity index (χ3n) is 2.87. The molecule has 0 amide bonds. The zero-order chi connectivity index (χ0) is 14.2. The van der Waals surface area contributed by atoms with Crippen molar-refractivity contribution in [3.05, 3.63) is 48.2 Å². The van der Waals surface area contributed by atoms with Crippen LogP contribution in [-0.2, 0) is 6.54 Å². The van der Waals surface area contributed by atoms with Crippen LogP contribution >= 0.6 is 0 Å². The number of ether oxygens (including phenoxy) is 2. The Morgan fingerprint density at radius 3 is 2.65 bits per heavy atom. The van der Waals surface area contributed by atoms with Gasteiger partial charge in [-0.25, -0.2) is 4.98 Å². The van der Waals surface area contributed by atoms with Gasteiger partial charge < -0.3 is 14.8 Å². The first-order valence-corrected chi connectivity index (χ1v) is 6.80. The van der Waals surface area contributed by atoms with Crippen molar-refractivity contribution in [1.29, 1.82) is 0 Å². The first-order chi connectivity index (χ1) is 9.85. The van der Waals surface area contributed by atoms with Crippen LogP contribution in [0.1, 0.15) is 18.9 Å². The summed E-state index contributed by atoms with van der Waals surface area (Å²) in [6.45, 7) is 3.86. The van der Waals surface area contributed by atoms with Gasteiger partial charge in [-0.2, -0.15) is 0 Å². The highest BCUT2D eigenvalue weighted by Gasteiger charge is 2.09. The van der Waals surface area contributed by atoms with Gasteiger partial charge in [0, 0.05) is 18.3 Å². The van der Waals surface area contributed by atoms with Gasteiger partial charge in [-0.05, 0) is 31.2 Å². The number of nitrogens with one attached hydrogen (secondary N) is 1. The average molecular weight is 272 g/mol. The molecule has 4 nitrogen and oxygen atoms in total. The fraction of sp³-hybridized carbons (Fsp3) is 0.312. The van der Waals surface area contributed by atoms with Crippen molar-refractivity contribution < 1.29 is 9.47 Å². The van der Waals surface area contributed by atoms with Crippen molar-refractivity contribution in [2.24, 2.45) is 0 Å². The van der Waals surface area contributed by atoms with Gasteiger partial charge in [0.25, 0.3) is 0 Å². The minimum Gasteiger partial charge on any atom is -0.493 e. The molecule has 0 atom stereocenters. The fourth-order valence-electron chi connectivity index (χ4n) is 1.86. The number of para-hydroxylation sites is 2. The fourth-order valence-corrected chi connectivity index (χ4v) is 1.86. The standard InChI is InChI=1S/C16H20N2O2/c1-3-10-17-12-13-7-6-11-18-16(13)20-15-9-5-4-8-14(15)19-2/h4-9,11,17H,3,10,12H2,1-2H3. The smallest absolute Gasteiger partial charge is 0.223 e. The first kappa shape index (κ1) is 14.3. The summed E-state index contributed by atoms with van der Waals surface area (Å²) in [4.78, 5) is 4.31. The zero-order valence-corrected chi connectivity index (χ0v) is 11.9. The Balaban J connectivity index is 2.16. The highest BCUT2D eigenvalue weighted by molar-refractivity contribution is 5.42. The summed E-state index contributed by atoms with van der Waals surface area (Å²) in [6.07, 6.45) is 2.83. The Bertz CT molecular complexity index is 544. The summed E-state index contributed by atoms with van der Waals surface area (Å²) < 4.78 is 11.2. The van der Waals surface area contributed by atoms with E-state index in [0.717, 1.165) is 25.1 Å². The van der Waals surface area contributed by atoms with Gasteiger partial charge in [0.05, 0.1) is 7.11 Å². The van der Waals surface area contributed by atoms with E-state index < -0.39 is 0 Å². The molecule has 1 N–H and O–H groups in total.